The molecule has 0 saturated carbocycles. The van der Waals surface area contributed by atoms with Gasteiger partial charge in [0.05, 0.1) is 13.2 Å². The number of carbonyl (C=O) groups is 1. The summed E-state index contributed by atoms with van der Waals surface area (Å²) in [4.78, 5) is 11.3. The van der Waals surface area contributed by atoms with Crippen molar-refractivity contribution in [3.63, 3.8) is 0 Å². The maximum Gasteiger partial charge on any atom is 0.330 e. The van der Waals surface area contributed by atoms with Gasteiger partial charge in [0.2, 0.25) is 0 Å². The number of nitrogens with one attached hydrogen (secondary N) is 1. The second kappa shape index (κ2) is 6.07. The third kappa shape index (κ3) is 3.51. The van der Waals surface area contributed by atoms with Gasteiger partial charge in [-0.2, -0.15) is 0 Å². The van der Waals surface area contributed by atoms with Gasteiger partial charge >= 0.3 is 5.97 Å². The van der Waals surface area contributed by atoms with E-state index in [9.17, 15) is 9.18 Å². The monoisotopic (exact) mass is 227 g/mol. The standard InChI is InChI=1S/C11H14FNO3/c1-2-16-11(15)10(7-14)13-9-5-3-4-8(12)6-9/h3-6,10,13-14H,2,7H2,1H3. The molecule has 0 aliphatic heterocycles. The van der Waals surface area contributed by atoms with E-state index in [1.807, 2.05) is 0 Å². The molecule has 0 amide bonds. The topological polar surface area (TPSA) is 58.6 Å². The van der Waals surface area contributed by atoms with Crippen molar-refractivity contribution in [3.05, 3.63) is 30.1 Å². The maximum absolute atomic E-state index is 12.9. The van der Waals surface area contributed by atoms with Crippen molar-refractivity contribution in [1.29, 1.82) is 0 Å². The summed E-state index contributed by atoms with van der Waals surface area (Å²) in [6.07, 6.45) is 0. The number of ether oxygens (including phenoxy) is 1. The minimum absolute atomic E-state index is 0.236. The molecular weight excluding hydrogens is 213 g/mol. The van der Waals surface area contributed by atoms with Gasteiger partial charge in [0.15, 0.2) is 0 Å². The Bertz CT molecular complexity index is 357. The van der Waals surface area contributed by atoms with Crippen molar-refractivity contribution in [3.8, 4) is 0 Å². The highest BCUT2D eigenvalue weighted by molar-refractivity contribution is 5.79. The summed E-state index contributed by atoms with van der Waals surface area (Å²) in [5.41, 5.74) is 0.423. The summed E-state index contributed by atoms with van der Waals surface area (Å²) in [5.74, 6) is -0.972. The number of halogens is 1. The van der Waals surface area contributed by atoms with Crippen LogP contribution >= 0.6 is 0 Å². The van der Waals surface area contributed by atoms with Gasteiger partial charge in [0, 0.05) is 5.69 Å². The van der Waals surface area contributed by atoms with Crippen LogP contribution < -0.4 is 5.32 Å². The molecule has 0 heterocycles. The molecule has 88 valence electrons. The van der Waals surface area contributed by atoms with E-state index < -0.39 is 24.4 Å². The van der Waals surface area contributed by atoms with Crippen molar-refractivity contribution >= 4 is 11.7 Å². The van der Waals surface area contributed by atoms with Crippen molar-refractivity contribution < 1.29 is 19.0 Å². The van der Waals surface area contributed by atoms with E-state index in [0.29, 0.717) is 5.69 Å². The zero-order valence-electron chi connectivity index (χ0n) is 8.94. The molecule has 0 aliphatic carbocycles. The summed E-state index contributed by atoms with van der Waals surface area (Å²) >= 11 is 0. The number of rotatable bonds is 5. The van der Waals surface area contributed by atoms with E-state index >= 15 is 0 Å². The predicted molar refractivity (Wildman–Crippen MR) is 57.5 cm³/mol. The maximum atomic E-state index is 12.9. The first-order valence-electron chi connectivity index (χ1n) is 4.97. The van der Waals surface area contributed by atoms with Gasteiger partial charge in [-0.1, -0.05) is 6.07 Å². The van der Waals surface area contributed by atoms with E-state index in [0.717, 1.165) is 0 Å². The highest BCUT2D eigenvalue weighted by atomic mass is 19.1. The van der Waals surface area contributed by atoms with Gasteiger partial charge < -0.3 is 15.2 Å². The molecule has 0 bridgehead atoms. The van der Waals surface area contributed by atoms with E-state index in [2.05, 4.69) is 5.32 Å². The number of aliphatic hydroxyl groups excluding tert-OH is 1. The van der Waals surface area contributed by atoms with Gasteiger partial charge in [0.1, 0.15) is 11.9 Å². The van der Waals surface area contributed by atoms with Gasteiger partial charge in [0.25, 0.3) is 0 Å². The number of anilines is 1. The fourth-order valence-electron chi connectivity index (χ4n) is 1.20. The first-order chi connectivity index (χ1) is 7.67. The molecule has 1 unspecified atom stereocenters. The molecule has 5 heteroatoms. The van der Waals surface area contributed by atoms with Crippen LogP contribution in [0.1, 0.15) is 6.92 Å². The predicted octanol–water partition coefficient (Wildman–Crippen LogP) is 1.16. The Morgan fingerprint density at radius 2 is 2.38 bits per heavy atom. The van der Waals surface area contributed by atoms with Crippen molar-refractivity contribution in [2.45, 2.75) is 13.0 Å². The molecule has 1 rings (SSSR count). The molecule has 0 spiro atoms. The van der Waals surface area contributed by atoms with E-state index in [-0.39, 0.29) is 6.61 Å². The molecule has 16 heavy (non-hydrogen) atoms. The third-order valence-electron chi connectivity index (χ3n) is 1.92. The van der Waals surface area contributed by atoms with Crippen LogP contribution in [0.15, 0.2) is 24.3 Å². The molecule has 1 aromatic rings. The van der Waals surface area contributed by atoms with E-state index in [1.165, 1.54) is 18.2 Å². The molecule has 0 fully saturated rings. The van der Waals surface area contributed by atoms with Crippen LogP contribution in [0.4, 0.5) is 10.1 Å². The number of benzene rings is 1. The zero-order valence-corrected chi connectivity index (χ0v) is 8.94. The van der Waals surface area contributed by atoms with Crippen LogP contribution in [0, 0.1) is 5.82 Å². The smallest absolute Gasteiger partial charge is 0.330 e. The lowest BCUT2D eigenvalue weighted by Crippen LogP contribution is -2.34. The number of carbonyl (C=O) groups excluding carboxylic acids is 1. The van der Waals surface area contributed by atoms with Gasteiger partial charge in [-0.15, -0.1) is 0 Å². The average Bonchev–Trinajstić information content (AvgIpc) is 2.26. The molecule has 1 aromatic carbocycles. The Hall–Kier alpha value is -1.62. The molecule has 0 aliphatic rings. The molecule has 4 nitrogen and oxygen atoms in total. The molecule has 0 saturated heterocycles. The minimum atomic E-state index is -0.873. The summed E-state index contributed by atoms with van der Waals surface area (Å²) in [6.45, 7) is 1.50. The Balaban J connectivity index is 2.66. The first kappa shape index (κ1) is 12.4. The number of hydrogen-bond acceptors (Lipinski definition) is 4. The second-order valence-corrected chi connectivity index (χ2v) is 3.14. The Morgan fingerprint density at radius 1 is 1.62 bits per heavy atom. The lowest BCUT2D eigenvalue weighted by molar-refractivity contribution is -0.144. The highest BCUT2D eigenvalue weighted by Gasteiger charge is 2.18. The van der Waals surface area contributed by atoms with Gasteiger partial charge in [-0.25, -0.2) is 9.18 Å². The average molecular weight is 227 g/mol. The fraction of sp³-hybridized carbons (Fsp3) is 0.364. The van der Waals surface area contributed by atoms with Crippen LogP contribution in [0.5, 0.6) is 0 Å². The van der Waals surface area contributed by atoms with Crippen LogP contribution in [0.25, 0.3) is 0 Å². The van der Waals surface area contributed by atoms with Crippen LogP contribution in [-0.2, 0) is 9.53 Å². The van der Waals surface area contributed by atoms with Gasteiger partial charge in [-0.3, -0.25) is 0 Å². The largest absolute Gasteiger partial charge is 0.464 e. The quantitative estimate of drug-likeness (QED) is 0.741. The summed E-state index contributed by atoms with van der Waals surface area (Å²) in [5, 5.41) is 11.7. The summed E-state index contributed by atoms with van der Waals surface area (Å²) in [7, 11) is 0. The molecular formula is C11H14FNO3. The normalized spacial score (nSPS) is 11.9. The summed E-state index contributed by atoms with van der Waals surface area (Å²) in [6, 6.07) is 4.77. The minimum Gasteiger partial charge on any atom is -0.464 e. The van der Waals surface area contributed by atoms with E-state index in [4.69, 9.17) is 9.84 Å². The van der Waals surface area contributed by atoms with Crippen molar-refractivity contribution in [2.24, 2.45) is 0 Å². The number of aliphatic hydroxyl groups is 1. The molecule has 1 atom stereocenters. The molecule has 2 N–H and O–H groups in total. The zero-order chi connectivity index (χ0) is 12.0. The Morgan fingerprint density at radius 3 is 2.94 bits per heavy atom. The van der Waals surface area contributed by atoms with Crippen LogP contribution in [-0.4, -0.2) is 30.3 Å². The Labute approximate surface area is 93.0 Å². The van der Waals surface area contributed by atoms with Crippen molar-refractivity contribution in [2.75, 3.05) is 18.5 Å². The SMILES string of the molecule is CCOC(=O)C(CO)Nc1cccc(F)c1. The lowest BCUT2D eigenvalue weighted by Gasteiger charge is -2.15. The van der Waals surface area contributed by atoms with Crippen LogP contribution in [0.2, 0.25) is 0 Å². The molecule has 0 aromatic heterocycles. The first-order valence-corrected chi connectivity index (χ1v) is 4.97. The van der Waals surface area contributed by atoms with E-state index in [1.54, 1.807) is 13.0 Å². The Kier molecular flexibility index (Phi) is 4.72. The molecule has 0 radical (unpaired) electrons. The fourth-order valence-corrected chi connectivity index (χ4v) is 1.20. The van der Waals surface area contributed by atoms with Gasteiger partial charge in [-0.05, 0) is 25.1 Å². The second-order valence-electron chi connectivity index (χ2n) is 3.14. The highest BCUT2D eigenvalue weighted by Crippen LogP contribution is 2.10. The van der Waals surface area contributed by atoms with Crippen LogP contribution in [0.3, 0.4) is 0 Å². The number of esters is 1. The van der Waals surface area contributed by atoms with Crippen molar-refractivity contribution in [1.82, 2.24) is 0 Å². The lowest BCUT2D eigenvalue weighted by atomic mass is 10.2. The summed E-state index contributed by atoms with van der Waals surface area (Å²) < 4.78 is 17.6. The number of hydrogen-bond donors (Lipinski definition) is 2. The third-order valence-corrected chi connectivity index (χ3v) is 1.92.